The molecule has 58 heavy (non-hydrogen) atoms. The zero-order valence-electron chi connectivity index (χ0n) is 34.9. The van der Waals surface area contributed by atoms with Crippen molar-refractivity contribution < 1.29 is 23.9 Å². The number of carbonyl (C=O) groups is 4. The van der Waals surface area contributed by atoms with Gasteiger partial charge < -0.3 is 30.1 Å². The minimum absolute atomic E-state index is 0.115. The van der Waals surface area contributed by atoms with E-state index in [-0.39, 0.29) is 18.7 Å². The number of benzene rings is 2. The van der Waals surface area contributed by atoms with Crippen molar-refractivity contribution in [1.82, 2.24) is 39.2 Å². The van der Waals surface area contributed by atoms with Crippen molar-refractivity contribution in [2.45, 2.75) is 96.3 Å². The molecule has 0 saturated carbocycles. The number of aromatic nitrogens is 4. The maximum Gasteiger partial charge on any atom is 0.397 e. The van der Waals surface area contributed by atoms with Gasteiger partial charge in [0.05, 0.1) is 41.8 Å². The molecule has 0 radical (unpaired) electrons. The van der Waals surface area contributed by atoms with Crippen molar-refractivity contribution >= 4 is 45.5 Å². The molecule has 4 atom stereocenters. The van der Waals surface area contributed by atoms with E-state index in [2.05, 4.69) is 95.9 Å². The first kappa shape index (κ1) is 41.3. The van der Waals surface area contributed by atoms with E-state index < -0.39 is 23.7 Å². The number of esters is 1. The molecule has 4 saturated heterocycles. The topological polar surface area (TPSA) is 152 Å². The van der Waals surface area contributed by atoms with Crippen LogP contribution in [0.4, 0.5) is 0 Å². The summed E-state index contributed by atoms with van der Waals surface area (Å²) < 4.78 is 9.20. The third kappa shape index (κ3) is 9.23. The maximum atomic E-state index is 12.7. The van der Waals surface area contributed by atoms with Gasteiger partial charge in [0, 0.05) is 36.3 Å². The molecule has 8 rings (SSSR count). The number of hydrogen-bond acceptors (Lipinski definition) is 9. The minimum atomic E-state index is -0.883. The molecule has 14 nitrogen and oxygen atoms in total. The summed E-state index contributed by atoms with van der Waals surface area (Å²) in [5.74, 6) is -2.03. The van der Waals surface area contributed by atoms with Crippen LogP contribution in [0.25, 0.3) is 21.8 Å². The lowest BCUT2D eigenvalue weighted by Crippen LogP contribution is -2.46. The molecule has 3 amide bonds. The van der Waals surface area contributed by atoms with Gasteiger partial charge in [0.2, 0.25) is 0 Å². The zero-order chi connectivity index (χ0) is 41.1. The van der Waals surface area contributed by atoms with Crippen LogP contribution >= 0.6 is 0 Å². The Hall–Kier alpha value is -4.82. The highest BCUT2D eigenvalue weighted by Gasteiger charge is 2.36. The zero-order valence-corrected chi connectivity index (χ0v) is 34.9. The molecule has 14 heteroatoms. The van der Waals surface area contributed by atoms with Gasteiger partial charge in [0.1, 0.15) is 0 Å². The van der Waals surface area contributed by atoms with Crippen LogP contribution < -0.4 is 5.73 Å². The first-order chi connectivity index (χ1) is 27.9. The lowest BCUT2D eigenvalue weighted by molar-refractivity contribution is -0.162. The number of amides is 3. The fourth-order valence-corrected chi connectivity index (χ4v) is 9.31. The van der Waals surface area contributed by atoms with Gasteiger partial charge in [-0.15, -0.1) is 0 Å². The van der Waals surface area contributed by atoms with E-state index in [0.717, 1.165) is 110 Å². The Kier molecular flexibility index (Phi) is 12.8. The van der Waals surface area contributed by atoms with Crippen LogP contribution in [0.3, 0.4) is 0 Å². The van der Waals surface area contributed by atoms with E-state index in [1.807, 2.05) is 0 Å². The van der Waals surface area contributed by atoms with Gasteiger partial charge in [-0.2, -0.15) is 10.2 Å². The maximum absolute atomic E-state index is 12.7. The molecule has 2 aromatic heterocycles. The highest BCUT2D eigenvalue weighted by atomic mass is 16.5. The Bertz CT molecular complexity index is 2100. The molecule has 0 spiro atoms. The normalized spacial score (nSPS) is 24.1. The van der Waals surface area contributed by atoms with E-state index in [1.54, 1.807) is 16.7 Å². The van der Waals surface area contributed by atoms with Crippen molar-refractivity contribution in [2.75, 3.05) is 60.0 Å². The van der Waals surface area contributed by atoms with Crippen LogP contribution in [0.1, 0.15) is 107 Å². The molecule has 4 aromatic rings. The van der Waals surface area contributed by atoms with Gasteiger partial charge in [0.15, 0.2) is 0 Å². The molecule has 312 valence electrons. The fraction of sp³-hybridized carbons (Fsp3) is 0.591. The average molecular weight is 796 g/mol. The number of rotatable bonds is 5. The highest BCUT2D eigenvalue weighted by Crippen LogP contribution is 2.37. The average Bonchev–Trinajstić information content (AvgIpc) is 3.85. The van der Waals surface area contributed by atoms with E-state index >= 15 is 0 Å². The number of piperidine rings is 4. The molecule has 4 fully saturated rings. The predicted octanol–water partition coefficient (Wildman–Crippen LogP) is 5.25. The van der Waals surface area contributed by atoms with Crippen molar-refractivity contribution in [3.05, 3.63) is 59.9 Å². The second-order valence-corrected chi connectivity index (χ2v) is 17.3. The Labute approximate surface area is 341 Å². The summed E-state index contributed by atoms with van der Waals surface area (Å²) in [6, 6.07) is 13.1. The van der Waals surface area contributed by atoms with Crippen molar-refractivity contribution in [3.63, 3.8) is 0 Å². The standard InChI is InChI=1S/C23H32N4O3.C21H29N5O2/c1-4-30-23(29)22(28)26-14-16(2)5-8-21(26)17-6-7-18-15-27(24-20(18)13-17)19-9-11-25(3)12-10-19;1-14-3-6-19(25(12-14)21(28)20(22)27)15-4-5-16-13-26(23-18(16)11-15)17-7-9-24(2)10-8-17/h6-7,13,15-16,19,21H,4-5,8-12,14H2,1-3H3;4-5,11,13-14,17,19H,3,6-10,12H2,1-2H3,(H2,22,27)/t16-,21+;14-,19+/m10/s1. The minimum Gasteiger partial charge on any atom is -0.459 e. The molecule has 4 aliphatic heterocycles. The monoisotopic (exact) mass is 795 g/mol. The number of carbonyl (C=O) groups excluding carboxylic acids is 4. The van der Waals surface area contributed by atoms with Crippen LogP contribution in [-0.2, 0) is 23.9 Å². The molecular weight excluding hydrogens is 735 g/mol. The van der Waals surface area contributed by atoms with Crippen LogP contribution in [-0.4, -0.2) is 123 Å². The van der Waals surface area contributed by atoms with Gasteiger partial charge in [0.25, 0.3) is 0 Å². The third-order valence-electron chi connectivity index (χ3n) is 12.8. The third-order valence-corrected chi connectivity index (χ3v) is 12.8. The first-order valence-corrected chi connectivity index (χ1v) is 21.3. The number of nitrogens with two attached hydrogens (primary N) is 1. The summed E-state index contributed by atoms with van der Waals surface area (Å²) in [5, 5.41) is 11.9. The molecule has 2 aromatic carbocycles. The molecule has 0 unspecified atom stereocenters. The Morgan fingerprint density at radius 1 is 0.655 bits per heavy atom. The van der Waals surface area contributed by atoms with Gasteiger partial charge in [-0.1, -0.05) is 38.1 Å². The van der Waals surface area contributed by atoms with E-state index in [9.17, 15) is 19.2 Å². The van der Waals surface area contributed by atoms with Crippen LogP contribution in [0, 0.1) is 11.8 Å². The van der Waals surface area contributed by atoms with Crippen molar-refractivity contribution in [2.24, 2.45) is 17.6 Å². The lowest BCUT2D eigenvalue weighted by atomic mass is 9.89. The van der Waals surface area contributed by atoms with Gasteiger partial charge in [-0.05, 0) is 134 Å². The highest BCUT2D eigenvalue weighted by molar-refractivity contribution is 6.34. The summed E-state index contributed by atoms with van der Waals surface area (Å²) in [7, 11) is 4.32. The summed E-state index contributed by atoms with van der Waals surface area (Å²) in [6.45, 7) is 11.7. The number of fused-ring (bicyclic) bond motifs is 2. The number of likely N-dealkylation sites (tertiary alicyclic amines) is 4. The lowest BCUT2D eigenvalue weighted by Gasteiger charge is -2.38. The number of hydrogen-bond donors (Lipinski definition) is 1. The molecule has 2 N–H and O–H groups in total. The van der Waals surface area contributed by atoms with E-state index in [4.69, 9.17) is 20.7 Å². The Balaban J connectivity index is 0.000000177. The number of primary amides is 1. The van der Waals surface area contributed by atoms with E-state index in [1.165, 1.54) is 0 Å². The molecule has 6 heterocycles. The fourth-order valence-electron chi connectivity index (χ4n) is 9.31. The largest absolute Gasteiger partial charge is 0.459 e. The smallest absolute Gasteiger partial charge is 0.397 e. The quantitative estimate of drug-likeness (QED) is 0.211. The molecule has 4 aliphatic rings. The summed E-state index contributed by atoms with van der Waals surface area (Å²) in [6.07, 6.45) is 12.4. The molecule has 0 aliphatic carbocycles. The molecule has 0 bridgehead atoms. The summed E-state index contributed by atoms with van der Waals surface area (Å²) >= 11 is 0. The molecular formula is C44H61N9O5. The first-order valence-electron chi connectivity index (χ1n) is 21.3. The predicted molar refractivity (Wildman–Crippen MR) is 223 cm³/mol. The van der Waals surface area contributed by atoms with Gasteiger partial charge in [-0.3, -0.25) is 23.7 Å². The van der Waals surface area contributed by atoms with Crippen LogP contribution in [0.5, 0.6) is 0 Å². The summed E-state index contributed by atoms with van der Waals surface area (Å²) in [5.41, 5.74) is 9.26. The Morgan fingerprint density at radius 3 is 1.50 bits per heavy atom. The van der Waals surface area contributed by atoms with Gasteiger partial charge >= 0.3 is 23.7 Å². The van der Waals surface area contributed by atoms with Crippen LogP contribution in [0.2, 0.25) is 0 Å². The number of nitrogens with zero attached hydrogens (tertiary/aromatic N) is 8. The second kappa shape index (κ2) is 18.0. The SMILES string of the molecule is CCOC(=O)C(=O)N1C[C@H](C)CC[C@H]1c1ccc2cn(C3CCN(C)CC3)nc2c1.C[C@H]1CC[C@H](c2ccc3cn(C4CCN(C)CC4)nc3c2)N(C(=O)C(N)=O)C1. The van der Waals surface area contributed by atoms with Crippen molar-refractivity contribution in [1.29, 1.82) is 0 Å². The number of ether oxygens (including phenoxy) is 1. The summed E-state index contributed by atoms with van der Waals surface area (Å²) in [4.78, 5) is 56.8. The second-order valence-electron chi connectivity index (χ2n) is 17.3. The van der Waals surface area contributed by atoms with Crippen molar-refractivity contribution in [3.8, 4) is 0 Å². The van der Waals surface area contributed by atoms with Crippen LogP contribution in [0.15, 0.2) is 48.8 Å². The van der Waals surface area contributed by atoms with Gasteiger partial charge in [-0.25, -0.2) is 4.79 Å². The van der Waals surface area contributed by atoms with E-state index in [0.29, 0.717) is 37.0 Å². The Morgan fingerprint density at radius 2 is 1.09 bits per heavy atom.